The number of nitrogens with zero attached hydrogens (tertiary/aromatic N) is 3. The Morgan fingerprint density at radius 3 is 2.77 bits per heavy atom. The quantitative estimate of drug-likeness (QED) is 0.270. The molecule has 0 saturated heterocycles. The number of nitro groups is 1. The van der Waals surface area contributed by atoms with Crippen LogP contribution in [0.15, 0.2) is 51.1 Å². The highest BCUT2D eigenvalue weighted by molar-refractivity contribution is 6.31. The van der Waals surface area contributed by atoms with E-state index in [9.17, 15) is 24.5 Å². The van der Waals surface area contributed by atoms with Crippen molar-refractivity contribution in [2.75, 3.05) is 13.7 Å². The van der Waals surface area contributed by atoms with E-state index in [2.05, 4.69) is 14.8 Å². The van der Waals surface area contributed by atoms with Crippen LogP contribution in [0.3, 0.4) is 0 Å². The number of nitrogens with one attached hydrogen (secondary N) is 1. The number of ether oxygens (including phenoxy) is 2. The first-order valence-corrected chi connectivity index (χ1v) is 8.65. The van der Waals surface area contributed by atoms with Crippen molar-refractivity contribution < 1.29 is 19.2 Å². The number of benzene rings is 2. The minimum absolute atomic E-state index is 0.0201. The van der Waals surface area contributed by atoms with Gasteiger partial charge in [0, 0.05) is 16.7 Å². The second kappa shape index (κ2) is 8.57. The number of carbonyl (C=O) groups is 1. The molecular formula is C18H13ClN4O7. The first-order chi connectivity index (χ1) is 14.3. The van der Waals surface area contributed by atoms with Gasteiger partial charge in [0.2, 0.25) is 5.75 Å². The van der Waals surface area contributed by atoms with Crippen molar-refractivity contribution >= 4 is 40.4 Å². The van der Waals surface area contributed by atoms with Gasteiger partial charge in [-0.1, -0.05) is 23.7 Å². The Balaban J connectivity index is 2.12. The topological polar surface area (TPSA) is 146 Å². The van der Waals surface area contributed by atoms with Gasteiger partial charge in [-0.3, -0.25) is 14.9 Å². The van der Waals surface area contributed by atoms with Gasteiger partial charge in [0.15, 0.2) is 6.61 Å². The molecule has 0 aliphatic rings. The van der Waals surface area contributed by atoms with E-state index in [4.69, 9.17) is 16.3 Å². The molecule has 2 aromatic carbocycles. The number of carbonyl (C=O) groups excluding carboxylic acids is 1. The highest BCUT2D eigenvalue weighted by atomic mass is 35.5. The molecule has 0 bridgehead atoms. The van der Waals surface area contributed by atoms with Gasteiger partial charge in [-0.15, -0.1) is 4.68 Å². The van der Waals surface area contributed by atoms with E-state index < -0.39 is 34.4 Å². The van der Waals surface area contributed by atoms with E-state index in [-0.39, 0.29) is 21.7 Å². The molecule has 30 heavy (non-hydrogen) atoms. The fraction of sp³-hybridized carbons (Fsp3) is 0.111. The van der Waals surface area contributed by atoms with Crippen LogP contribution in [-0.4, -0.2) is 40.5 Å². The molecule has 0 atom stereocenters. The minimum Gasteiger partial charge on any atom is -0.474 e. The van der Waals surface area contributed by atoms with Crippen LogP contribution in [0.2, 0.25) is 5.02 Å². The second-order valence-electron chi connectivity index (χ2n) is 5.80. The van der Waals surface area contributed by atoms with Gasteiger partial charge in [-0.05, 0) is 18.2 Å². The molecule has 11 nitrogen and oxygen atoms in total. The predicted octanol–water partition coefficient (Wildman–Crippen LogP) is 1.69. The Hall–Kier alpha value is -3.99. The number of para-hydroxylation sites is 1. The maximum absolute atomic E-state index is 12.6. The third-order valence-corrected chi connectivity index (χ3v) is 4.14. The van der Waals surface area contributed by atoms with E-state index in [0.717, 1.165) is 19.4 Å². The number of esters is 1. The fourth-order valence-corrected chi connectivity index (χ4v) is 2.78. The van der Waals surface area contributed by atoms with Crippen LogP contribution < -0.4 is 16.0 Å². The third kappa shape index (κ3) is 4.20. The zero-order valence-electron chi connectivity index (χ0n) is 15.3. The van der Waals surface area contributed by atoms with Gasteiger partial charge in [0.05, 0.1) is 29.2 Å². The van der Waals surface area contributed by atoms with Crippen molar-refractivity contribution in [2.24, 2.45) is 5.10 Å². The monoisotopic (exact) mass is 432 g/mol. The molecule has 12 heteroatoms. The number of aromatic amines is 1. The van der Waals surface area contributed by atoms with Crippen LogP contribution in [-0.2, 0) is 9.53 Å². The number of aromatic nitrogens is 2. The lowest BCUT2D eigenvalue weighted by atomic mass is 10.2. The number of nitro benzene ring substituents is 1. The number of H-pyrrole nitrogens is 1. The number of hydrogen-bond donors (Lipinski definition) is 1. The van der Waals surface area contributed by atoms with Gasteiger partial charge >= 0.3 is 17.3 Å². The lowest BCUT2D eigenvalue weighted by Crippen LogP contribution is -2.32. The van der Waals surface area contributed by atoms with E-state index >= 15 is 0 Å². The highest BCUT2D eigenvalue weighted by Crippen LogP contribution is 2.33. The molecule has 3 rings (SSSR count). The first kappa shape index (κ1) is 20.7. The molecular weight excluding hydrogens is 420 g/mol. The van der Waals surface area contributed by atoms with Gasteiger partial charge in [-0.25, -0.2) is 9.59 Å². The van der Waals surface area contributed by atoms with E-state index in [0.29, 0.717) is 10.2 Å². The number of methoxy groups -OCH3 is 1. The van der Waals surface area contributed by atoms with Crippen LogP contribution >= 0.6 is 11.6 Å². The molecule has 1 aromatic heterocycles. The van der Waals surface area contributed by atoms with Crippen molar-refractivity contribution in [1.29, 1.82) is 0 Å². The molecule has 0 aliphatic carbocycles. The average molecular weight is 433 g/mol. The Morgan fingerprint density at radius 2 is 2.07 bits per heavy atom. The SMILES string of the molecule is COC(=O)COc1c(C=Nn2c(=O)[nH]c3ccccc3c2=O)cc(Cl)cc1[N+](=O)[O-]. The van der Waals surface area contributed by atoms with Crippen LogP contribution in [0.25, 0.3) is 10.9 Å². The smallest absolute Gasteiger partial charge is 0.349 e. The summed E-state index contributed by atoms with van der Waals surface area (Å²) in [7, 11) is 1.13. The molecule has 0 spiro atoms. The molecule has 3 aromatic rings. The number of rotatable bonds is 6. The van der Waals surface area contributed by atoms with Crippen LogP contribution in [0.1, 0.15) is 5.56 Å². The number of hydrogen-bond acceptors (Lipinski definition) is 8. The van der Waals surface area contributed by atoms with Crippen LogP contribution in [0.4, 0.5) is 5.69 Å². The van der Waals surface area contributed by atoms with E-state index in [1.54, 1.807) is 18.2 Å². The van der Waals surface area contributed by atoms with Gasteiger partial charge < -0.3 is 14.5 Å². The standard InChI is InChI=1S/C18H13ClN4O7/c1-29-15(24)9-30-16-10(6-11(19)7-14(16)23(27)28)8-20-22-17(25)12-4-2-3-5-13(12)21-18(22)26/h2-8H,9H2,1H3,(H,21,26). The predicted molar refractivity (Wildman–Crippen MR) is 107 cm³/mol. The second-order valence-corrected chi connectivity index (χ2v) is 6.24. The summed E-state index contributed by atoms with van der Waals surface area (Å²) < 4.78 is 10.2. The van der Waals surface area contributed by atoms with Crippen molar-refractivity contribution in [1.82, 2.24) is 9.66 Å². The Kier molecular flexibility index (Phi) is 5.93. The summed E-state index contributed by atoms with van der Waals surface area (Å²) in [5.74, 6) is -1.10. The molecule has 1 N–H and O–H groups in total. The fourth-order valence-electron chi connectivity index (χ4n) is 2.56. The molecule has 0 fully saturated rings. The van der Waals surface area contributed by atoms with Crippen LogP contribution in [0.5, 0.6) is 5.75 Å². The summed E-state index contributed by atoms with van der Waals surface area (Å²) >= 11 is 5.93. The maximum atomic E-state index is 12.6. The lowest BCUT2D eigenvalue weighted by molar-refractivity contribution is -0.385. The molecule has 0 aliphatic heterocycles. The largest absolute Gasteiger partial charge is 0.474 e. The normalized spacial score (nSPS) is 11.0. The van der Waals surface area contributed by atoms with Gasteiger partial charge in [-0.2, -0.15) is 5.10 Å². The summed E-state index contributed by atoms with van der Waals surface area (Å²) in [5.41, 5.74) is -1.74. The Morgan fingerprint density at radius 1 is 1.33 bits per heavy atom. The van der Waals surface area contributed by atoms with Crippen molar-refractivity contribution in [3.8, 4) is 5.75 Å². The zero-order valence-corrected chi connectivity index (χ0v) is 16.1. The Bertz CT molecular complexity index is 1300. The van der Waals surface area contributed by atoms with Crippen molar-refractivity contribution in [3.63, 3.8) is 0 Å². The number of fused-ring (bicyclic) bond motifs is 1. The molecule has 1 heterocycles. The van der Waals surface area contributed by atoms with Crippen molar-refractivity contribution in [2.45, 2.75) is 0 Å². The van der Waals surface area contributed by atoms with Gasteiger partial charge in [0.1, 0.15) is 0 Å². The third-order valence-electron chi connectivity index (χ3n) is 3.92. The Labute approximate surface area is 172 Å². The zero-order chi connectivity index (χ0) is 21.8. The highest BCUT2D eigenvalue weighted by Gasteiger charge is 2.22. The van der Waals surface area contributed by atoms with Crippen molar-refractivity contribution in [3.05, 3.63) is 77.9 Å². The summed E-state index contributed by atoms with van der Waals surface area (Å²) in [4.78, 5) is 49.3. The van der Waals surface area contributed by atoms with Gasteiger partial charge in [0.25, 0.3) is 5.56 Å². The average Bonchev–Trinajstić information content (AvgIpc) is 2.72. The minimum atomic E-state index is -0.816. The van der Waals surface area contributed by atoms with E-state index in [1.807, 2.05) is 0 Å². The number of halogens is 1. The summed E-state index contributed by atoms with van der Waals surface area (Å²) in [6.07, 6.45) is 0.997. The van der Waals surface area contributed by atoms with E-state index in [1.165, 1.54) is 12.1 Å². The lowest BCUT2D eigenvalue weighted by Gasteiger charge is -2.09. The molecule has 0 unspecified atom stereocenters. The molecule has 0 saturated carbocycles. The summed E-state index contributed by atoms with van der Waals surface area (Å²) in [5, 5.41) is 15.4. The first-order valence-electron chi connectivity index (χ1n) is 8.27. The maximum Gasteiger partial charge on any atom is 0.349 e. The summed E-state index contributed by atoms with van der Waals surface area (Å²) in [6.45, 7) is -0.615. The summed E-state index contributed by atoms with van der Waals surface area (Å²) in [6, 6.07) is 8.64. The molecule has 154 valence electrons. The molecule has 0 radical (unpaired) electrons. The van der Waals surface area contributed by atoms with Crippen LogP contribution in [0, 0.1) is 10.1 Å². The molecule has 0 amide bonds.